The molecule has 0 atom stereocenters. The fourth-order valence-electron chi connectivity index (χ4n) is 3.13. The Morgan fingerprint density at radius 2 is 2.00 bits per heavy atom. The van der Waals surface area contributed by atoms with Crippen molar-refractivity contribution >= 4 is 51.2 Å². The molecule has 3 heterocycles. The average molecular weight is 472 g/mol. The molecule has 0 unspecified atom stereocenters. The van der Waals surface area contributed by atoms with Gasteiger partial charge in [-0.15, -0.1) is 32.9 Å². The topological polar surface area (TPSA) is 85.0 Å². The van der Waals surface area contributed by atoms with Crippen LogP contribution in [0.1, 0.15) is 35.8 Å². The highest BCUT2D eigenvalue weighted by molar-refractivity contribution is 7.98. The summed E-state index contributed by atoms with van der Waals surface area (Å²) in [6, 6.07) is 7.92. The Morgan fingerprint density at radius 1 is 1.19 bits per heavy atom. The summed E-state index contributed by atoms with van der Waals surface area (Å²) in [6.07, 6.45) is 0.840. The normalized spacial score (nSPS) is 11.1. The first-order chi connectivity index (χ1) is 15.0. The number of rotatable bonds is 7. The molecule has 0 bridgehead atoms. The lowest BCUT2D eigenvalue weighted by molar-refractivity contribution is -0.115. The second-order valence-corrected chi connectivity index (χ2v) is 9.73. The number of carbonyl (C=O) groups is 1. The second-order valence-electron chi connectivity index (χ2n) is 6.77. The molecular weight excluding hydrogens is 450 g/mol. The molecule has 0 aliphatic rings. The molecule has 3 aromatic heterocycles. The molecule has 0 radical (unpaired) electrons. The van der Waals surface area contributed by atoms with E-state index in [9.17, 15) is 4.79 Å². The predicted octanol–water partition coefficient (Wildman–Crippen LogP) is 5.81. The van der Waals surface area contributed by atoms with Crippen molar-refractivity contribution in [2.45, 2.75) is 45.1 Å². The summed E-state index contributed by atoms with van der Waals surface area (Å²) in [6.45, 7) is 7.53. The summed E-state index contributed by atoms with van der Waals surface area (Å²) in [7, 11) is 0. The van der Waals surface area contributed by atoms with E-state index in [1.54, 1.807) is 23.2 Å². The van der Waals surface area contributed by atoms with Gasteiger partial charge in [0.1, 0.15) is 4.88 Å². The minimum absolute atomic E-state index is 0.0637. The first kappa shape index (κ1) is 21.7. The molecule has 1 amide bonds. The van der Waals surface area contributed by atoms with Crippen molar-refractivity contribution in [3.8, 4) is 10.8 Å². The summed E-state index contributed by atoms with van der Waals surface area (Å²) in [5.41, 5.74) is 3.73. The molecule has 4 aromatic rings. The van der Waals surface area contributed by atoms with Crippen LogP contribution in [0.15, 0.2) is 39.3 Å². The van der Waals surface area contributed by atoms with Crippen LogP contribution >= 0.6 is 34.4 Å². The van der Waals surface area contributed by atoms with Crippen molar-refractivity contribution in [3.05, 3.63) is 51.6 Å². The summed E-state index contributed by atoms with van der Waals surface area (Å²) in [5, 5.41) is 12.4. The highest BCUT2D eigenvalue weighted by Crippen LogP contribution is 2.34. The maximum atomic E-state index is 12.4. The van der Waals surface area contributed by atoms with E-state index in [1.807, 2.05) is 43.5 Å². The number of para-hydroxylation sites is 1. The SMILES string of the molecule is CCc1ccccc1N(C(C)=O)c1nc(CSc2nnc(-c3sc(C)nc3C)o2)cs1. The molecule has 0 N–H and O–H groups in total. The van der Waals surface area contributed by atoms with Crippen LogP contribution in [0.2, 0.25) is 0 Å². The molecule has 0 spiro atoms. The molecule has 0 aliphatic heterocycles. The Hall–Kier alpha value is -2.56. The number of carbonyl (C=O) groups excluding carboxylic acids is 1. The summed E-state index contributed by atoms with van der Waals surface area (Å²) >= 11 is 4.41. The van der Waals surface area contributed by atoms with E-state index < -0.39 is 0 Å². The van der Waals surface area contributed by atoms with Crippen LogP contribution in [-0.2, 0) is 17.0 Å². The van der Waals surface area contributed by atoms with Gasteiger partial charge in [0.2, 0.25) is 5.91 Å². The third kappa shape index (κ3) is 4.70. The number of amides is 1. The van der Waals surface area contributed by atoms with Crippen LogP contribution in [0.25, 0.3) is 10.8 Å². The first-order valence-electron chi connectivity index (χ1n) is 9.70. The zero-order valence-corrected chi connectivity index (χ0v) is 20.0. The Kier molecular flexibility index (Phi) is 6.49. The zero-order valence-electron chi connectivity index (χ0n) is 17.6. The molecule has 0 aliphatic carbocycles. The van der Waals surface area contributed by atoms with Gasteiger partial charge in [-0.1, -0.05) is 36.9 Å². The van der Waals surface area contributed by atoms with E-state index in [-0.39, 0.29) is 5.91 Å². The zero-order chi connectivity index (χ0) is 22.0. The van der Waals surface area contributed by atoms with Gasteiger partial charge >= 0.3 is 0 Å². The minimum Gasteiger partial charge on any atom is -0.410 e. The highest BCUT2D eigenvalue weighted by atomic mass is 32.2. The minimum atomic E-state index is -0.0637. The third-order valence-corrected chi connectivity index (χ3v) is 7.29. The third-order valence-electron chi connectivity index (χ3n) is 4.51. The van der Waals surface area contributed by atoms with Gasteiger partial charge in [0.15, 0.2) is 5.13 Å². The Bertz CT molecular complexity index is 1210. The molecule has 7 nitrogen and oxygen atoms in total. The second kappa shape index (κ2) is 9.29. The van der Waals surface area contributed by atoms with E-state index in [1.165, 1.54) is 23.1 Å². The number of aryl methyl sites for hydroxylation is 3. The van der Waals surface area contributed by atoms with Crippen molar-refractivity contribution in [1.29, 1.82) is 0 Å². The first-order valence-corrected chi connectivity index (χ1v) is 12.4. The number of anilines is 2. The molecule has 0 saturated carbocycles. The fraction of sp³-hybridized carbons (Fsp3) is 0.286. The molecule has 1 aromatic carbocycles. The smallest absolute Gasteiger partial charge is 0.277 e. The standard InChI is InChI=1S/C21H21N5O2S3/c1-5-15-8-6-7-9-17(15)26(14(4)27)20-23-16(10-29-20)11-30-21-25-24-19(28-21)18-12(2)22-13(3)31-18/h6-10H,5,11H2,1-4H3. The average Bonchev–Trinajstić information content (AvgIpc) is 3.47. The van der Waals surface area contributed by atoms with Gasteiger partial charge in [-0.2, -0.15) is 0 Å². The van der Waals surface area contributed by atoms with Crippen molar-refractivity contribution in [2.24, 2.45) is 0 Å². The largest absolute Gasteiger partial charge is 0.410 e. The number of hydrogen-bond acceptors (Lipinski definition) is 9. The van der Waals surface area contributed by atoms with Gasteiger partial charge in [-0.3, -0.25) is 9.69 Å². The van der Waals surface area contributed by atoms with Crippen LogP contribution in [-0.4, -0.2) is 26.1 Å². The number of thioether (sulfide) groups is 1. The van der Waals surface area contributed by atoms with Crippen molar-refractivity contribution in [1.82, 2.24) is 20.2 Å². The molecule has 0 saturated heterocycles. The van der Waals surface area contributed by atoms with Gasteiger partial charge in [-0.05, 0) is 31.9 Å². The van der Waals surface area contributed by atoms with Crippen molar-refractivity contribution in [2.75, 3.05) is 4.90 Å². The molecule has 160 valence electrons. The number of nitrogens with zero attached hydrogens (tertiary/aromatic N) is 5. The fourth-order valence-corrected chi connectivity index (χ4v) is 5.61. The molecule has 4 rings (SSSR count). The molecular formula is C21H21N5O2S3. The number of benzene rings is 1. The predicted molar refractivity (Wildman–Crippen MR) is 125 cm³/mol. The Morgan fingerprint density at radius 3 is 2.71 bits per heavy atom. The molecule has 0 fully saturated rings. The Labute approximate surface area is 192 Å². The van der Waals surface area contributed by atoms with Crippen LogP contribution in [0.5, 0.6) is 0 Å². The van der Waals surface area contributed by atoms with Gasteiger partial charge < -0.3 is 4.42 Å². The maximum Gasteiger partial charge on any atom is 0.277 e. The Balaban J connectivity index is 1.49. The lowest BCUT2D eigenvalue weighted by Crippen LogP contribution is -2.23. The van der Waals surface area contributed by atoms with E-state index in [4.69, 9.17) is 4.42 Å². The number of aromatic nitrogens is 4. The van der Waals surface area contributed by atoms with E-state index >= 15 is 0 Å². The summed E-state index contributed by atoms with van der Waals surface area (Å²) in [4.78, 5) is 24.1. The van der Waals surface area contributed by atoms with E-state index in [0.717, 1.165) is 38.9 Å². The monoisotopic (exact) mass is 471 g/mol. The van der Waals surface area contributed by atoms with E-state index in [2.05, 4.69) is 27.1 Å². The molecule has 31 heavy (non-hydrogen) atoms. The number of thiazole rings is 2. The summed E-state index contributed by atoms with van der Waals surface area (Å²) < 4.78 is 5.80. The molecule has 10 heteroatoms. The van der Waals surface area contributed by atoms with Gasteiger partial charge in [-0.25, -0.2) is 9.97 Å². The lowest BCUT2D eigenvalue weighted by atomic mass is 10.1. The van der Waals surface area contributed by atoms with Crippen LogP contribution in [0, 0.1) is 13.8 Å². The maximum absolute atomic E-state index is 12.4. The van der Waals surface area contributed by atoms with Crippen LogP contribution < -0.4 is 4.90 Å². The highest BCUT2D eigenvalue weighted by Gasteiger charge is 2.21. The van der Waals surface area contributed by atoms with Gasteiger partial charge in [0.25, 0.3) is 11.1 Å². The summed E-state index contributed by atoms with van der Waals surface area (Å²) in [5.74, 6) is 0.995. The quantitative estimate of drug-likeness (QED) is 0.315. The van der Waals surface area contributed by atoms with E-state index in [0.29, 0.717) is 22.0 Å². The van der Waals surface area contributed by atoms with Gasteiger partial charge in [0, 0.05) is 18.1 Å². The van der Waals surface area contributed by atoms with Crippen LogP contribution in [0.4, 0.5) is 10.8 Å². The lowest BCUT2D eigenvalue weighted by Gasteiger charge is -2.20. The van der Waals surface area contributed by atoms with Gasteiger partial charge in [0.05, 0.1) is 22.1 Å². The van der Waals surface area contributed by atoms with Crippen molar-refractivity contribution < 1.29 is 9.21 Å². The number of hydrogen-bond donors (Lipinski definition) is 0. The van der Waals surface area contributed by atoms with Crippen molar-refractivity contribution in [3.63, 3.8) is 0 Å². The van der Waals surface area contributed by atoms with Crippen LogP contribution in [0.3, 0.4) is 0 Å².